The van der Waals surface area contributed by atoms with Crippen molar-refractivity contribution in [2.45, 2.75) is 46.5 Å². The molecule has 0 bridgehead atoms. The quantitative estimate of drug-likeness (QED) is 0.477. The van der Waals surface area contributed by atoms with Crippen LogP contribution in [0.15, 0.2) is 18.2 Å². The highest BCUT2D eigenvalue weighted by Crippen LogP contribution is 2.33. The SMILES string of the molecule is CC(Cl)c1nc2cc(I)ccc2n1CC(C)(C)C(C)C. The van der Waals surface area contributed by atoms with Crippen LogP contribution in [0, 0.1) is 14.9 Å². The zero-order valence-electron chi connectivity index (χ0n) is 12.7. The first-order valence-corrected chi connectivity index (χ1v) is 8.53. The van der Waals surface area contributed by atoms with E-state index in [0.29, 0.717) is 5.92 Å². The van der Waals surface area contributed by atoms with Gasteiger partial charge in [0.15, 0.2) is 0 Å². The molecule has 1 heterocycles. The van der Waals surface area contributed by atoms with Crippen LogP contribution in [0.3, 0.4) is 0 Å². The summed E-state index contributed by atoms with van der Waals surface area (Å²) in [5, 5.41) is -0.0805. The highest BCUT2D eigenvalue weighted by molar-refractivity contribution is 14.1. The van der Waals surface area contributed by atoms with Crippen LogP contribution in [0.1, 0.15) is 45.8 Å². The van der Waals surface area contributed by atoms with E-state index < -0.39 is 0 Å². The Labute approximate surface area is 140 Å². The molecule has 4 heteroatoms. The van der Waals surface area contributed by atoms with Crippen LogP contribution in [0.25, 0.3) is 11.0 Å². The van der Waals surface area contributed by atoms with Gasteiger partial charge in [-0.3, -0.25) is 0 Å². The van der Waals surface area contributed by atoms with Gasteiger partial charge in [-0.05, 0) is 59.0 Å². The number of benzene rings is 1. The molecule has 1 atom stereocenters. The summed E-state index contributed by atoms with van der Waals surface area (Å²) < 4.78 is 3.50. The lowest BCUT2D eigenvalue weighted by atomic mass is 9.81. The fraction of sp³-hybridized carbons (Fsp3) is 0.562. The molecule has 0 N–H and O–H groups in total. The van der Waals surface area contributed by atoms with Crippen LogP contribution in [-0.2, 0) is 6.54 Å². The summed E-state index contributed by atoms with van der Waals surface area (Å²) in [4.78, 5) is 4.74. The minimum absolute atomic E-state index is 0.0805. The molecular weight excluding hydrogens is 383 g/mol. The smallest absolute Gasteiger partial charge is 0.127 e. The van der Waals surface area contributed by atoms with E-state index in [-0.39, 0.29) is 10.8 Å². The van der Waals surface area contributed by atoms with Crippen LogP contribution in [-0.4, -0.2) is 9.55 Å². The standard InChI is InChI=1S/C16H22ClIN2/c1-10(2)16(4,5)9-20-14-7-6-12(18)8-13(14)19-15(20)11(3)17/h6-8,10-11H,9H2,1-5H3. The molecule has 0 aliphatic carbocycles. The Balaban J connectivity index is 2.57. The van der Waals surface area contributed by atoms with Gasteiger partial charge in [-0.2, -0.15) is 0 Å². The number of nitrogens with zero attached hydrogens (tertiary/aromatic N) is 2. The van der Waals surface area contributed by atoms with Crippen LogP contribution in [0.5, 0.6) is 0 Å². The maximum atomic E-state index is 6.34. The van der Waals surface area contributed by atoms with Gasteiger partial charge in [0.05, 0.1) is 16.4 Å². The van der Waals surface area contributed by atoms with Gasteiger partial charge < -0.3 is 4.57 Å². The number of halogens is 2. The Hall–Kier alpha value is -0.290. The highest BCUT2D eigenvalue weighted by atomic mass is 127. The molecule has 1 aromatic heterocycles. The molecule has 0 amide bonds. The topological polar surface area (TPSA) is 17.8 Å². The van der Waals surface area contributed by atoms with Gasteiger partial charge in [-0.25, -0.2) is 4.98 Å². The van der Waals surface area contributed by atoms with E-state index in [9.17, 15) is 0 Å². The molecule has 0 aliphatic heterocycles. The molecule has 2 aromatic rings. The zero-order valence-corrected chi connectivity index (χ0v) is 15.7. The average molecular weight is 405 g/mol. The Morgan fingerprint density at radius 2 is 1.95 bits per heavy atom. The van der Waals surface area contributed by atoms with Crippen molar-refractivity contribution in [1.82, 2.24) is 9.55 Å². The van der Waals surface area contributed by atoms with Crippen molar-refractivity contribution in [3.8, 4) is 0 Å². The molecule has 1 unspecified atom stereocenters. The summed E-state index contributed by atoms with van der Waals surface area (Å²) in [6.45, 7) is 12.1. The van der Waals surface area contributed by atoms with Crippen molar-refractivity contribution in [3.63, 3.8) is 0 Å². The fourth-order valence-corrected chi connectivity index (χ4v) is 2.82. The lowest BCUT2D eigenvalue weighted by molar-refractivity contribution is 0.210. The normalized spacial score (nSPS) is 14.2. The van der Waals surface area contributed by atoms with Gasteiger partial charge in [0, 0.05) is 10.1 Å². The van der Waals surface area contributed by atoms with Gasteiger partial charge >= 0.3 is 0 Å². The van der Waals surface area contributed by atoms with Gasteiger partial charge in [0.1, 0.15) is 5.82 Å². The van der Waals surface area contributed by atoms with Crippen LogP contribution < -0.4 is 0 Å². The summed E-state index contributed by atoms with van der Waals surface area (Å²) in [6, 6.07) is 6.41. The Kier molecular flexibility index (Phi) is 4.69. The molecule has 0 saturated heterocycles. The van der Waals surface area contributed by atoms with Gasteiger partial charge in [-0.1, -0.05) is 27.7 Å². The predicted molar refractivity (Wildman–Crippen MR) is 95.3 cm³/mol. The molecular formula is C16H22ClIN2. The van der Waals surface area contributed by atoms with Crippen LogP contribution in [0.2, 0.25) is 0 Å². The van der Waals surface area contributed by atoms with E-state index in [2.05, 4.69) is 73.1 Å². The first-order chi connectivity index (χ1) is 9.22. The average Bonchev–Trinajstić information content (AvgIpc) is 2.66. The van der Waals surface area contributed by atoms with Gasteiger partial charge in [0.25, 0.3) is 0 Å². The highest BCUT2D eigenvalue weighted by Gasteiger charge is 2.26. The Bertz CT molecular complexity index is 614. The fourth-order valence-electron chi connectivity index (χ4n) is 2.18. The minimum atomic E-state index is -0.0805. The third-order valence-corrected chi connectivity index (χ3v) is 5.09. The van der Waals surface area contributed by atoms with Crippen LogP contribution >= 0.6 is 34.2 Å². The van der Waals surface area contributed by atoms with E-state index in [1.54, 1.807) is 0 Å². The third-order valence-electron chi connectivity index (χ3n) is 4.22. The summed E-state index contributed by atoms with van der Waals surface area (Å²) in [7, 11) is 0. The summed E-state index contributed by atoms with van der Waals surface area (Å²) >= 11 is 8.67. The predicted octanol–water partition coefficient (Wildman–Crippen LogP) is 5.62. The second-order valence-corrected chi connectivity index (χ2v) is 8.35. The van der Waals surface area contributed by atoms with Crippen molar-refractivity contribution in [2.24, 2.45) is 11.3 Å². The van der Waals surface area contributed by atoms with E-state index in [0.717, 1.165) is 17.9 Å². The molecule has 2 rings (SSSR count). The first kappa shape index (κ1) is 16.1. The van der Waals surface area contributed by atoms with Crippen LogP contribution in [0.4, 0.5) is 0 Å². The zero-order chi connectivity index (χ0) is 15.1. The van der Waals surface area contributed by atoms with Crippen molar-refractivity contribution in [2.75, 3.05) is 0 Å². The molecule has 1 aromatic carbocycles. The van der Waals surface area contributed by atoms with Crippen molar-refractivity contribution in [1.29, 1.82) is 0 Å². The van der Waals surface area contributed by atoms with E-state index in [4.69, 9.17) is 16.6 Å². The molecule has 2 nitrogen and oxygen atoms in total. The molecule has 0 saturated carbocycles. The minimum Gasteiger partial charge on any atom is -0.326 e. The first-order valence-electron chi connectivity index (χ1n) is 7.02. The molecule has 110 valence electrons. The maximum absolute atomic E-state index is 6.34. The summed E-state index contributed by atoms with van der Waals surface area (Å²) in [5.74, 6) is 1.57. The second kappa shape index (κ2) is 5.84. The van der Waals surface area contributed by atoms with E-state index in [1.807, 2.05) is 6.92 Å². The Morgan fingerprint density at radius 1 is 1.30 bits per heavy atom. The molecule has 0 aliphatic rings. The number of imidazole rings is 1. The van der Waals surface area contributed by atoms with E-state index in [1.165, 1.54) is 9.09 Å². The maximum Gasteiger partial charge on any atom is 0.127 e. The van der Waals surface area contributed by atoms with Gasteiger partial charge in [-0.15, -0.1) is 11.6 Å². The molecule has 0 fully saturated rings. The molecule has 20 heavy (non-hydrogen) atoms. The number of rotatable bonds is 4. The molecule has 0 spiro atoms. The largest absolute Gasteiger partial charge is 0.326 e. The Morgan fingerprint density at radius 3 is 2.50 bits per heavy atom. The van der Waals surface area contributed by atoms with Crippen molar-refractivity contribution < 1.29 is 0 Å². The lowest BCUT2D eigenvalue weighted by Gasteiger charge is -2.31. The summed E-state index contributed by atoms with van der Waals surface area (Å²) in [5.41, 5.74) is 2.43. The second-order valence-electron chi connectivity index (χ2n) is 6.45. The number of hydrogen-bond donors (Lipinski definition) is 0. The summed E-state index contributed by atoms with van der Waals surface area (Å²) in [6.07, 6.45) is 0. The number of alkyl halides is 1. The van der Waals surface area contributed by atoms with E-state index >= 15 is 0 Å². The lowest BCUT2D eigenvalue weighted by Crippen LogP contribution is -2.26. The van der Waals surface area contributed by atoms with Crippen molar-refractivity contribution in [3.05, 3.63) is 27.6 Å². The van der Waals surface area contributed by atoms with Crippen molar-refractivity contribution >= 4 is 45.2 Å². The van der Waals surface area contributed by atoms with Gasteiger partial charge in [0.2, 0.25) is 0 Å². The number of fused-ring (bicyclic) bond motifs is 1. The number of aromatic nitrogens is 2. The third kappa shape index (κ3) is 3.14. The number of hydrogen-bond acceptors (Lipinski definition) is 1. The monoisotopic (exact) mass is 404 g/mol. The molecule has 0 radical (unpaired) electrons.